The average molecular weight is 483 g/mol. The molecule has 0 amide bonds. The normalized spacial score (nSPS) is 12.0. The zero-order chi connectivity index (χ0) is 20.1. The lowest BCUT2D eigenvalue weighted by Crippen LogP contribution is -2.16. The Balaban J connectivity index is 1.85. The summed E-state index contributed by atoms with van der Waals surface area (Å²) < 4.78 is 1.19. The van der Waals surface area contributed by atoms with Crippen molar-refractivity contribution >= 4 is 34.1 Å². The van der Waals surface area contributed by atoms with Crippen LogP contribution in [0.15, 0.2) is 72.8 Å². The van der Waals surface area contributed by atoms with E-state index in [0.29, 0.717) is 12.3 Å². The molecule has 0 radical (unpaired) electrons. The number of carbonyl (C=O) groups excluding carboxylic acids is 1. The fourth-order valence-electron chi connectivity index (χ4n) is 3.16. The summed E-state index contributed by atoms with van der Waals surface area (Å²) in [6, 6.07) is 24.6. The summed E-state index contributed by atoms with van der Waals surface area (Å²) in [5.41, 5.74) is 5.38. The van der Waals surface area contributed by atoms with E-state index in [4.69, 9.17) is 0 Å². The van der Waals surface area contributed by atoms with Gasteiger partial charge in [-0.05, 0) is 70.8 Å². The molecule has 0 fully saturated rings. The molecule has 0 saturated carbocycles. The van der Waals surface area contributed by atoms with Crippen molar-refractivity contribution in [2.45, 2.75) is 39.2 Å². The van der Waals surface area contributed by atoms with Crippen molar-refractivity contribution in [3.63, 3.8) is 0 Å². The first-order valence-electron chi connectivity index (χ1n) is 9.64. The van der Waals surface area contributed by atoms with Gasteiger partial charge in [-0.25, -0.2) is 0 Å². The van der Waals surface area contributed by atoms with Gasteiger partial charge in [-0.15, -0.1) is 0 Å². The van der Waals surface area contributed by atoms with Gasteiger partial charge < -0.3 is 5.32 Å². The number of benzene rings is 3. The first kappa shape index (κ1) is 20.6. The fraction of sp³-hybridized carbons (Fsp3) is 0.240. The van der Waals surface area contributed by atoms with Crippen molar-refractivity contribution < 1.29 is 4.79 Å². The Morgan fingerprint density at radius 2 is 1.43 bits per heavy atom. The lowest BCUT2D eigenvalue weighted by atomic mass is 9.94. The third kappa shape index (κ3) is 5.44. The second-order valence-corrected chi connectivity index (χ2v) is 8.76. The van der Waals surface area contributed by atoms with E-state index in [1.54, 1.807) is 0 Å². The molecule has 0 heterocycles. The Bertz CT molecular complexity index is 912. The van der Waals surface area contributed by atoms with Gasteiger partial charge in [0.2, 0.25) is 0 Å². The van der Waals surface area contributed by atoms with Gasteiger partial charge in [0.1, 0.15) is 0 Å². The quantitative estimate of drug-likeness (QED) is 0.286. The van der Waals surface area contributed by atoms with Crippen LogP contribution in [0.3, 0.4) is 0 Å². The molecule has 1 atom stereocenters. The van der Waals surface area contributed by atoms with E-state index in [9.17, 15) is 4.79 Å². The smallest absolute Gasteiger partial charge is 0.165 e. The minimum Gasteiger partial charge on any atom is -0.378 e. The van der Waals surface area contributed by atoms with Crippen LogP contribution in [0.1, 0.15) is 59.3 Å². The summed E-state index contributed by atoms with van der Waals surface area (Å²) in [7, 11) is 0. The van der Waals surface area contributed by atoms with Crippen molar-refractivity contribution in [3.8, 4) is 0 Å². The molecular formula is C25H26INO. The zero-order valence-electron chi connectivity index (χ0n) is 16.6. The van der Waals surface area contributed by atoms with E-state index >= 15 is 0 Å². The Kier molecular flexibility index (Phi) is 6.89. The van der Waals surface area contributed by atoms with E-state index < -0.39 is 0 Å². The molecule has 0 aromatic heterocycles. The SMILES string of the molecule is Cc1ccc(C(=O)C[C@H](Nc2ccc(I)cc2)c2ccc(C(C)C)cc2)cc1. The summed E-state index contributed by atoms with van der Waals surface area (Å²) >= 11 is 2.30. The first-order valence-corrected chi connectivity index (χ1v) is 10.7. The van der Waals surface area contributed by atoms with Crippen molar-refractivity contribution in [1.29, 1.82) is 0 Å². The predicted octanol–water partition coefficient (Wildman–Crippen LogP) is 7.15. The molecule has 0 saturated heterocycles. The molecule has 144 valence electrons. The summed E-state index contributed by atoms with van der Waals surface area (Å²) in [5.74, 6) is 0.641. The highest BCUT2D eigenvalue weighted by Crippen LogP contribution is 2.27. The molecule has 3 heteroatoms. The summed E-state index contributed by atoms with van der Waals surface area (Å²) in [5, 5.41) is 3.56. The molecule has 0 bridgehead atoms. The minimum atomic E-state index is -0.0740. The van der Waals surface area contributed by atoms with E-state index in [0.717, 1.165) is 22.4 Å². The van der Waals surface area contributed by atoms with E-state index in [1.165, 1.54) is 9.13 Å². The van der Waals surface area contributed by atoms with Crippen LogP contribution >= 0.6 is 22.6 Å². The summed E-state index contributed by atoms with van der Waals surface area (Å²) in [6.45, 7) is 6.42. The number of rotatable bonds is 7. The molecule has 3 aromatic carbocycles. The summed E-state index contributed by atoms with van der Waals surface area (Å²) in [6.07, 6.45) is 0.413. The van der Waals surface area contributed by atoms with Gasteiger partial charge in [0.15, 0.2) is 5.78 Å². The molecule has 0 spiro atoms. The minimum absolute atomic E-state index is 0.0740. The van der Waals surface area contributed by atoms with Crippen molar-refractivity contribution in [2.24, 2.45) is 0 Å². The van der Waals surface area contributed by atoms with Crippen LogP contribution in [0, 0.1) is 10.5 Å². The van der Waals surface area contributed by atoms with Crippen LogP contribution in [0.2, 0.25) is 0 Å². The van der Waals surface area contributed by atoms with Gasteiger partial charge in [0.05, 0.1) is 6.04 Å². The monoisotopic (exact) mass is 483 g/mol. The molecule has 3 rings (SSSR count). The van der Waals surface area contributed by atoms with Crippen LogP contribution < -0.4 is 5.32 Å². The molecule has 28 heavy (non-hydrogen) atoms. The van der Waals surface area contributed by atoms with Crippen LogP contribution in [0.5, 0.6) is 0 Å². The zero-order valence-corrected chi connectivity index (χ0v) is 18.7. The molecule has 1 N–H and O–H groups in total. The molecule has 0 aliphatic carbocycles. The van der Waals surface area contributed by atoms with Gasteiger partial charge in [-0.3, -0.25) is 4.79 Å². The number of nitrogens with one attached hydrogen (secondary N) is 1. The van der Waals surface area contributed by atoms with Gasteiger partial charge in [0.25, 0.3) is 0 Å². The first-order chi connectivity index (χ1) is 13.4. The highest BCUT2D eigenvalue weighted by Gasteiger charge is 2.18. The van der Waals surface area contributed by atoms with Crippen molar-refractivity contribution in [1.82, 2.24) is 0 Å². The molecular weight excluding hydrogens is 457 g/mol. The van der Waals surface area contributed by atoms with Gasteiger partial charge in [-0.1, -0.05) is 67.9 Å². The van der Waals surface area contributed by atoms with Crippen LogP contribution in [0.25, 0.3) is 0 Å². The second kappa shape index (κ2) is 9.37. The maximum Gasteiger partial charge on any atom is 0.165 e. The number of anilines is 1. The third-order valence-electron chi connectivity index (χ3n) is 4.95. The Hall–Kier alpha value is -2.14. The molecule has 0 unspecified atom stereocenters. The predicted molar refractivity (Wildman–Crippen MR) is 126 cm³/mol. The number of Topliss-reactive ketones (excluding diaryl/α,β-unsaturated/α-hetero) is 1. The lowest BCUT2D eigenvalue weighted by molar-refractivity contribution is 0.0976. The Morgan fingerprint density at radius 3 is 2.00 bits per heavy atom. The van der Waals surface area contributed by atoms with E-state index in [2.05, 4.69) is 90.3 Å². The molecule has 0 aliphatic rings. The number of aryl methyl sites for hydroxylation is 1. The van der Waals surface area contributed by atoms with Gasteiger partial charge in [-0.2, -0.15) is 0 Å². The van der Waals surface area contributed by atoms with Crippen LogP contribution in [-0.4, -0.2) is 5.78 Å². The highest BCUT2D eigenvalue weighted by atomic mass is 127. The number of hydrogen-bond donors (Lipinski definition) is 1. The second-order valence-electron chi connectivity index (χ2n) is 7.52. The van der Waals surface area contributed by atoms with Crippen LogP contribution in [-0.2, 0) is 0 Å². The number of halogens is 1. The average Bonchev–Trinajstić information content (AvgIpc) is 2.69. The van der Waals surface area contributed by atoms with Crippen molar-refractivity contribution in [3.05, 3.63) is 98.6 Å². The standard InChI is InChI=1S/C25H26INO/c1-17(2)19-8-10-20(11-9-19)24(27-23-14-12-22(26)13-15-23)16-25(28)21-6-4-18(3)5-7-21/h4-15,17,24,27H,16H2,1-3H3/t24-/m0/s1. The molecule has 2 nitrogen and oxygen atoms in total. The maximum atomic E-state index is 12.9. The highest BCUT2D eigenvalue weighted by molar-refractivity contribution is 14.1. The molecule has 0 aliphatic heterocycles. The van der Waals surface area contributed by atoms with Gasteiger partial charge >= 0.3 is 0 Å². The van der Waals surface area contributed by atoms with Crippen molar-refractivity contribution in [2.75, 3.05) is 5.32 Å². The van der Waals surface area contributed by atoms with E-state index in [-0.39, 0.29) is 11.8 Å². The maximum absolute atomic E-state index is 12.9. The Labute approximate surface area is 181 Å². The lowest BCUT2D eigenvalue weighted by Gasteiger charge is -2.21. The molecule has 3 aromatic rings. The fourth-order valence-corrected chi connectivity index (χ4v) is 3.52. The third-order valence-corrected chi connectivity index (χ3v) is 5.67. The topological polar surface area (TPSA) is 29.1 Å². The number of carbonyl (C=O) groups is 1. The van der Waals surface area contributed by atoms with E-state index in [1.807, 2.05) is 31.2 Å². The van der Waals surface area contributed by atoms with Gasteiger partial charge in [0, 0.05) is 21.2 Å². The summed E-state index contributed by atoms with van der Waals surface area (Å²) in [4.78, 5) is 12.9. The Morgan fingerprint density at radius 1 is 0.857 bits per heavy atom. The van der Waals surface area contributed by atoms with Crippen LogP contribution in [0.4, 0.5) is 5.69 Å². The largest absolute Gasteiger partial charge is 0.378 e. The number of ketones is 1. The number of hydrogen-bond acceptors (Lipinski definition) is 2.